The van der Waals surface area contributed by atoms with E-state index in [0.717, 1.165) is 31.2 Å². The van der Waals surface area contributed by atoms with Gasteiger partial charge in [-0.3, -0.25) is 4.79 Å². The Morgan fingerprint density at radius 1 is 1.03 bits per heavy atom. The van der Waals surface area contributed by atoms with Gasteiger partial charge in [0.15, 0.2) is 6.29 Å². The minimum Gasteiger partial charge on any atom is -0.393 e. The van der Waals surface area contributed by atoms with Gasteiger partial charge in [-0.25, -0.2) is 4.39 Å². The monoisotopic (exact) mass is 495 g/mol. The number of hydrogen-bond acceptors (Lipinski definition) is 4. The van der Waals surface area contributed by atoms with Crippen molar-refractivity contribution in [2.75, 3.05) is 6.61 Å². The molecular formula is C30H38FNO4. The van der Waals surface area contributed by atoms with Gasteiger partial charge in [-0.2, -0.15) is 0 Å². The second-order valence-electron chi connectivity index (χ2n) is 11.5. The van der Waals surface area contributed by atoms with Crippen LogP contribution in [0.5, 0.6) is 0 Å². The molecule has 2 N–H and O–H groups in total. The first-order chi connectivity index (χ1) is 17.3. The summed E-state index contributed by atoms with van der Waals surface area (Å²) >= 11 is 0. The molecule has 36 heavy (non-hydrogen) atoms. The number of carbonyl (C=O) groups is 1. The zero-order valence-corrected chi connectivity index (χ0v) is 21.3. The van der Waals surface area contributed by atoms with Crippen molar-refractivity contribution < 1.29 is 23.8 Å². The molecule has 194 valence electrons. The van der Waals surface area contributed by atoms with E-state index in [1.54, 1.807) is 12.1 Å². The third kappa shape index (κ3) is 4.96. The van der Waals surface area contributed by atoms with Crippen molar-refractivity contribution in [2.45, 2.75) is 77.4 Å². The van der Waals surface area contributed by atoms with Crippen molar-refractivity contribution in [1.29, 1.82) is 0 Å². The first kappa shape index (κ1) is 25.4. The van der Waals surface area contributed by atoms with Crippen LogP contribution in [0.15, 0.2) is 54.6 Å². The number of benzene rings is 2. The van der Waals surface area contributed by atoms with E-state index >= 15 is 0 Å². The smallest absolute Gasteiger partial charge is 0.220 e. The fourth-order valence-electron chi connectivity index (χ4n) is 7.27. The molecule has 5 nitrogen and oxygen atoms in total. The van der Waals surface area contributed by atoms with E-state index in [0.29, 0.717) is 25.5 Å². The molecule has 7 atom stereocenters. The SMILES string of the molecule is C[C@@]12CO[C@@H](Cc3ccccc3)O[C@H]1CC[C@]1(C)[C@H]2CC[C@@H](O)[C@H]1CC(=O)NCc1ccc(F)cc1. The lowest BCUT2D eigenvalue weighted by atomic mass is 9.46. The molecule has 2 aliphatic carbocycles. The first-order valence-corrected chi connectivity index (χ1v) is 13.3. The first-order valence-electron chi connectivity index (χ1n) is 13.3. The molecule has 0 aromatic heterocycles. The van der Waals surface area contributed by atoms with Crippen LogP contribution in [0.2, 0.25) is 0 Å². The number of hydrogen-bond donors (Lipinski definition) is 2. The molecule has 0 spiro atoms. The summed E-state index contributed by atoms with van der Waals surface area (Å²) in [4.78, 5) is 12.9. The lowest BCUT2D eigenvalue weighted by Gasteiger charge is -2.63. The van der Waals surface area contributed by atoms with Crippen LogP contribution in [0.1, 0.15) is 57.1 Å². The number of aliphatic hydroxyl groups excluding tert-OH is 1. The maximum Gasteiger partial charge on any atom is 0.220 e. The Kier molecular flexibility index (Phi) is 7.21. The van der Waals surface area contributed by atoms with E-state index in [1.165, 1.54) is 17.7 Å². The largest absolute Gasteiger partial charge is 0.393 e. The van der Waals surface area contributed by atoms with E-state index in [4.69, 9.17) is 9.47 Å². The average molecular weight is 496 g/mol. The fourth-order valence-corrected chi connectivity index (χ4v) is 7.27. The number of carbonyl (C=O) groups excluding carboxylic acids is 1. The highest BCUT2D eigenvalue weighted by molar-refractivity contribution is 5.76. The van der Waals surface area contributed by atoms with E-state index in [2.05, 4.69) is 31.3 Å². The van der Waals surface area contributed by atoms with Gasteiger partial charge in [0.1, 0.15) is 5.82 Å². The highest BCUT2D eigenvalue weighted by Gasteiger charge is 2.61. The molecule has 1 amide bonds. The lowest BCUT2D eigenvalue weighted by Crippen LogP contribution is -2.63. The highest BCUT2D eigenvalue weighted by Crippen LogP contribution is 2.62. The van der Waals surface area contributed by atoms with Crippen LogP contribution in [0.4, 0.5) is 4.39 Å². The molecule has 1 aliphatic heterocycles. The number of nitrogens with one attached hydrogen (secondary N) is 1. The second kappa shape index (κ2) is 10.2. The van der Waals surface area contributed by atoms with Crippen LogP contribution in [0, 0.1) is 28.5 Å². The molecule has 2 aromatic rings. The Labute approximate surface area is 213 Å². The lowest BCUT2D eigenvalue weighted by molar-refractivity contribution is -0.308. The molecule has 5 rings (SSSR count). The summed E-state index contributed by atoms with van der Waals surface area (Å²) in [5, 5.41) is 14.0. The van der Waals surface area contributed by atoms with Gasteiger partial charge in [0.2, 0.25) is 5.91 Å². The summed E-state index contributed by atoms with van der Waals surface area (Å²) in [5.41, 5.74) is 1.74. The molecule has 2 saturated carbocycles. The molecule has 0 unspecified atom stereocenters. The normalized spacial score (nSPS) is 35.9. The minimum absolute atomic E-state index is 0.0726. The van der Waals surface area contributed by atoms with Gasteiger partial charge < -0.3 is 19.9 Å². The van der Waals surface area contributed by atoms with Gasteiger partial charge >= 0.3 is 0 Å². The molecule has 3 fully saturated rings. The number of amides is 1. The topological polar surface area (TPSA) is 67.8 Å². The van der Waals surface area contributed by atoms with Crippen molar-refractivity contribution >= 4 is 5.91 Å². The third-order valence-electron chi connectivity index (χ3n) is 9.29. The molecule has 1 heterocycles. The molecule has 1 saturated heterocycles. The zero-order valence-electron chi connectivity index (χ0n) is 21.3. The van der Waals surface area contributed by atoms with Crippen LogP contribution in [0.25, 0.3) is 0 Å². The molecular weight excluding hydrogens is 457 g/mol. The summed E-state index contributed by atoms with van der Waals surface area (Å²) in [5.74, 6) is -0.180. The average Bonchev–Trinajstić information content (AvgIpc) is 2.87. The van der Waals surface area contributed by atoms with Crippen molar-refractivity contribution in [1.82, 2.24) is 5.32 Å². The molecule has 3 aliphatic rings. The number of fused-ring (bicyclic) bond motifs is 3. The van der Waals surface area contributed by atoms with Crippen LogP contribution in [-0.4, -0.2) is 36.1 Å². The van der Waals surface area contributed by atoms with Crippen molar-refractivity contribution in [3.8, 4) is 0 Å². The van der Waals surface area contributed by atoms with Gasteiger partial charge in [0.25, 0.3) is 0 Å². The zero-order chi connectivity index (χ0) is 25.3. The summed E-state index contributed by atoms with van der Waals surface area (Å²) in [6, 6.07) is 16.5. The van der Waals surface area contributed by atoms with E-state index in [-0.39, 0.29) is 47.3 Å². The Hall–Kier alpha value is -2.28. The van der Waals surface area contributed by atoms with Gasteiger partial charge in [0.05, 0.1) is 18.8 Å². The van der Waals surface area contributed by atoms with Crippen LogP contribution in [0.3, 0.4) is 0 Å². The summed E-state index contributed by atoms with van der Waals surface area (Å²) < 4.78 is 26.0. The number of ether oxygens (including phenoxy) is 2. The highest BCUT2D eigenvalue weighted by atomic mass is 19.1. The third-order valence-corrected chi connectivity index (χ3v) is 9.29. The van der Waals surface area contributed by atoms with E-state index in [1.807, 2.05) is 18.2 Å². The Balaban J connectivity index is 1.25. The predicted molar refractivity (Wildman–Crippen MR) is 135 cm³/mol. The second-order valence-corrected chi connectivity index (χ2v) is 11.5. The maximum absolute atomic E-state index is 13.2. The van der Waals surface area contributed by atoms with Gasteiger partial charge in [-0.15, -0.1) is 0 Å². The summed E-state index contributed by atoms with van der Waals surface area (Å²) in [7, 11) is 0. The number of aliphatic hydroxyl groups is 1. The quantitative estimate of drug-likeness (QED) is 0.591. The van der Waals surface area contributed by atoms with Crippen molar-refractivity contribution in [3.05, 3.63) is 71.5 Å². The maximum atomic E-state index is 13.2. The number of rotatable bonds is 6. The van der Waals surface area contributed by atoms with Crippen molar-refractivity contribution in [2.24, 2.45) is 22.7 Å². The number of halogens is 1. The Morgan fingerprint density at radius 2 is 1.78 bits per heavy atom. The van der Waals surface area contributed by atoms with E-state index < -0.39 is 6.10 Å². The van der Waals surface area contributed by atoms with Crippen molar-refractivity contribution in [3.63, 3.8) is 0 Å². The van der Waals surface area contributed by atoms with Gasteiger partial charge in [0, 0.05) is 24.8 Å². The van der Waals surface area contributed by atoms with Crippen LogP contribution < -0.4 is 5.32 Å². The molecule has 6 heteroatoms. The van der Waals surface area contributed by atoms with Crippen LogP contribution >= 0.6 is 0 Å². The standard InChI is InChI=1S/C30H38FNO4/c1-29-15-14-26-30(2,19-35-28(36-26)16-20-6-4-3-5-7-20)25(29)13-12-24(33)23(29)17-27(34)32-18-21-8-10-22(31)11-9-21/h3-11,23-26,28,33H,12-19H2,1-2H3,(H,32,34)/t23-,24-,25-,26+,28-,29+,30+/m1/s1. The molecule has 0 radical (unpaired) electrons. The summed E-state index contributed by atoms with van der Waals surface area (Å²) in [6.45, 7) is 5.53. The Morgan fingerprint density at radius 3 is 2.53 bits per heavy atom. The van der Waals surface area contributed by atoms with Gasteiger partial charge in [-0.05, 0) is 66.2 Å². The van der Waals surface area contributed by atoms with E-state index in [9.17, 15) is 14.3 Å². The predicted octanol–water partition coefficient (Wildman–Crippen LogP) is 5.01. The minimum atomic E-state index is -0.501. The molecule has 2 aromatic carbocycles. The fraction of sp³-hybridized carbons (Fsp3) is 0.567. The van der Waals surface area contributed by atoms with Gasteiger partial charge in [-0.1, -0.05) is 56.3 Å². The Bertz CT molecular complexity index is 1050. The summed E-state index contributed by atoms with van der Waals surface area (Å²) in [6.07, 6.45) is 3.82. The van der Waals surface area contributed by atoms with Crippen LogP contribution in [-0.2, 0) is 27.2 Å². The molecule has 0 bridgehead atoms.